The van der Waals surface area contributed by atoms with E-state index in [-0.39, 0.29) is 36.0 Å². The first-order valence-electron chi connectivity index (χ1n) is 9.67. The minimum absolute atomic E-state index is 0. The van der Waals surface area contributed by atoms with Crippen LogP contribution < -0.4 is 0 Å². The zero-order valence-electron chi connectivity index (χ0n) is 18.7. The molecule has 0 aliphatic heterocycles. The van der Waals surface area contributed by atoms with Crippen LogP contribution in [0.5, 0.6) is 0 Å². The summed E-state index contributed by atoms with van der Waals surface area (Å²) >= 11 is 3.11. The van der Waals surface area contributed by atoms with Crippen molar-refractivity contribution in [3.8, 4) is 0 Å². The highest BCUT2D eigenvalue weighted by molar-refractivity contribution is 9.09. The zero-order chi connectivity index (χ0) is 23.3. The van der Waals surface area contributed by atoms with Gasteiger partial charge in [0.1, 0.15) is 6.29 Å². The molecule has 0 aromatic rings. The van der Waals surface area contributed by atoms with Gasteiger partial charge in [0.2, 0.25) is 0 Å². The summed E-state index contributed by atoms with van der Waals surface area (Å²) in [7, 11) is 0.894. The molecule has 11 heteroatoms. The van der Waals surface area contributed by atoms with Crippen LogP contribution in [0.25, 0.3) is 0 Å². The Labute approximate surface area is 208 Å². The van der Waals surface area contributed by atoms with E-state index >= 15 is 0 Å². The number of hydrogen-bond donors (Lipinski definition) is 3. The molecular formula is C20H42Br2FO7P. The lowest BCUT2D eigenvalue weighted by atomic mass is 10.3. The average molecular weight is 606 g/mol. The maximum atomic E-state index is 9.93. The summed E-state index contributed by atoms with van der Waals surface area (Å²) < 4.78 is 0. The van der Waals surface area contributed by atoms with Gasteiger partial charge in [0.15, 0.2) is 0 Å². The van der Waals surface area contributed by atoms with Gasteiger partial charge in [-0.25, -0.2) is 0 Å². The van der Waals surface area contributed by atoms with E-state index in [9.17, 15) is 19.2 Å². The molecule has 0 heterocycles. The Morgan fingerprint density at radius 1 is 0.903 bits per heavy atom. The lowest BCUT2D eigenvalue weighted by Crippen LogP contribution is -1.93. The number of carboxylic acids is 3. The fourth-order valence-electron chi connectivity index (χ4n) is 1.24. The fraction of sp³-hybridized carbons (Fsp3) is 0.700. The predicted molar refractivity (Wildman–Crippen MR) is 139 cm³/mol. The summed E-state index contributed by atoms with van der Waals surface area (Å²) in [5, 5.41) is 25.1. The molecule has 0 aromatic carbocycles. The number of aldehydes is 1. The van der Waals surface area contributed by atoms with Gasteiger partial charge >= 0.3 is 17.9 Å². The van der Waals surface area contributed by atoms with Gasteiger partial charge in [-0.05, 0) is 44.9 Å². The molecule has 0 saturated carbocycles. The quantitative estimate of drug-likeness (QED) is 0.0751. The normalized spacial score (nSPS) is 8.90. The van der Waals surface area contributed by atoms with Gasteiger partial charge in [0.05, 0.1) is 0 Å². The lowest BCUT2D eigenvalue weighted by Gasteiger charge is -1.90. The molecule has 0 aliphatic carbocycles. The molecule has 0 rings (SSSR count). The minimum atomic E-state index is -0.726. The number of alkyl halides is 1. The molecule has 0 fully saturated rings. The Balaban J connectivity index is -0.0000000514. The molecule has 3 N–H and O–H groups in total. The molecule has 0 radical (unpaired) electrons. The molecule has 0 bridgehead atoms. The SMILES string of the molecule is Br.CC/C=C/CCC(=O)O.CCCC=O.CPCCCC(=O)O.F.O=C(O)CCCBr.[3HH]. The van der Waals surface area contributed by atoms with E-state index in [1.807, 2.05) is 26.0 Å². The molecule has 190 valence electrons. The predicted octanol–water partition coefficient (Wildman–Crippen LogP) is 6.18. The van der Waals surface area contributed by atoms with Crippen molar-refractivity contribution in [1.82, 2.24) is 0 Å². The van der Waals surface area contributed by atoms with Crippen molar-refractivity contribution in [2.24, 2.45) is 0 Å². The Hall–Kier alpha value is -0.860. The van der Waals surface area contributed by atoms with Crippen LogP contribution in [0.4, 0.5) is 4.70 Å². The van der Waals surface area contributed by atoms with Crippen LogP contribution in [0.1, 0.15) is 73.1 Å². The highest BCUT2D eigenvalue weighted by Crippen LogP contribution is 2.05. The van der Waals surface area contributed by atoms with Crippen LogP contribution in [0.15, 0.2) is 12.2 Å². The zero-order valence-corrected chi connectivity index (χ0v) is 23.0. The lowest BCUT2D eigenvalue weighted by molar-refractivity contribution is -0.138. The van der Waals surface area contributed by atoms with Crippen LogP contribution in [0.2, 0.25) is 0 Å². The standard InChI is InChI=1S/C7H12O2.C5H11O2P.C4H7BrO2.C4H8O.BrH.FH.H2/c1-2-3-4-5-6-7(8)9;1-8-4-2-3-5(6)7;5-3-1-2-4(6)7;1-2-3-4-5;;;/h3-4H,2,5-6H2,1H3,(H,8,9);8H,2-4H2,1H3,(H,6,7);1-3H2,(H,6,7);4H,2-3H2,1H3;3*1H/b4-3+;;;;;;/i;;;;;;1+2. The highest BCUT2D eigenvalue weighted by Gasteiger charge is 1.93. The largest absolute Gasteiger partial charge is 0.481 e. The molecule has 0 amide bonds. The highest BCUT2D eigenvalue weighted by atomic mass is 79.9. The van der Waals surface area contributed by atoms with Crippen LogP contribution in [0.3, 0.4) is 0 Å². The van der Waals surface area contributed by atoms with Gasteiger partial charge in [0, 0.05) is 32.4 Å². The third-order valence-corrected chi connectivity index (χ3v) is 4.09. The summed E-state index contributed by atoms with van der Waals surface area (Å²) in [4.78, 5) is 38.9. The number of allylic oxidation sites excluding steroid dienone is 2. The summed E-state index contributed by atoms with van der Waals surface area (Å²) in [6.45, 7) is 6.09. The molecule has 7 nitrogen and oxygen atoms in total. The van der Waals surface area contributed by atoms with E-state index < -0.39 is 17.9 Å². The molecule has 0 spiro atoms. The molecule has 31 heavy (non-hydrogen) atoms. The van der Waals surface area contributed by atoms with Gasteiger partial charge in [-0.3, -0.25) is 19.1 Å². The number of carbonyl (C=O) groups is 4. The average Bonchev–Trinajstić information content (AvgIpc) is 2.65. The van der Waals surface area contributed by atoms with E-state index in [1.54, 1.807) is 0 Å². The van der Waals surface area contributed by atoms with Crippen LogP contribution >= 0.6 is 41.5 Å². The fourth-order valence-corrected chi connectivity index (χ4v) is 2.05. The summed E-state index contributed by atoms with van der Waals surface area (Å²) in [5.41, 5.74) is 0. The minimum Gasteiger partial charge on any atom is -0.481 e. The Kier molecular flexibility index (Phi) is 61.1. The number of carboxylic acid groups (broad SMARTS) is 3. The van der Waals surface area contributed by atoms with Gasteiger partial charge in [-0.2, -0.15) is 0 Å². The van der Waals surface area contributed by atoms with Crippen LogP contribution in [0, 0.1) is 0 Å². The Bertz CT molecular complexity index is 433. The number of unbranched alkanes of at least 4 members (excludes halogenated alkanes) is 1. The third-order valence-electron chi connectivity index (χ3n) is 2.68. The number of rotatable bonds is 13. The maximum absolute atomic E-state index is 9.93. The number of hydrogen-bond acceptors (Lipinski definition) is 4. The van der Waals surface area contributed by atoms with E-state index in [2.05, 4.69) is 22.6 Å². The number of carbonyl (C=O) groups excluding carboxylic acids is 1. The second-order valence-electron chi connectivity index (χ2n) is 5.55. The molecule has 0 saturated heterocycles. The van der Waals surface area contributed by atoms with Crippen molar-refractivity contribution in [1.29, 1.82) is 0 Å². The van der Waals surface area contributed by atoms with Gasteiger partial charge in [-0.1, -0.05) is 41.9 Å². The first-order valence-corrected chi connectivity index (χ1v) is 12.5. The summed E-state index contributed by atoms with van der Waals surface area (Å²) in [5.74, 6) is -2.13. The number of halogens is 3. The van der Waals surface area contributed by atoms with Gasteiger partial charge in [-0.15, -0.1) is 25.6 Å². The van der Waals surface area contributed by atoms with Crippen molar-refractivity contribution in [2.45, 2.75) is 71.6 Å². The second kappa shape index (κ2) is 43.1. The Morgan fingerprint density at radius 2 is 1.39 bits per heavy atom. The van der Waals surface area contributed by atoms with E-state index in [4.69, 9.17) is 15.3 Å². The Morgan fingerprint density at radius 3 is 1.65 bits per heavy atom. The van der Waals surface area contributed by atoms with Crippen LogP contribution in [-0.4, -0.2) is 57.7 Å². The van der Waals surface area contributed by atoms with E-state index in [0.29, 0.717) is 19.3 Å². The van der Waals surface area contributed by atoms with E-state index in [1.165, 1.54) is 0 Å². The smallest absolute Gasteiger partial charge is 0.303 e. The molecule has 0 aliphatic rings. The first kappa shape index (κ1) is 43.9. The molecule has 1 unspecified atom stereocenters. The molecule has 0 aromatic heterocycles. The van der Waals surface area contributed by atoms with Crippen LogP contribution in [-0.2, 0) is 19.2 Å². The van der Waals surface area contributed by atoms with E-state index in [0.717, 1.165) is 52.0 Å². The summed E-state index contributed by atoms with van der Waals surface area (Å²) in [6.07, 6.45) is 11.6. The maximum Gasteiger partial charge on any atom is 0.303 e. The second-order valence-corrected chi connectivity index (χ2v) is 7.55. The van der Waals surface area contributed by atoms with Gasteiger partial charge in [0.25, 0.3) is 0 Å². The van der Waals surface area contributed by atoms with Gasteiger partial charge < -0.3 is 20.1 Å². The first-order chi connectivity index (χ1) is 13.7. The monoisotopic (exact) mass is 604 g/mol. The number of aliphatic carboxylic acids is 3. The summed E-state index contributed by atoms with van der Waals surface area (Å²) in [6, 6.07) is 0. The van der Waals surface area contributed by atoms with Crippen molar-refractivity contribution in [3.63, 3.8) is 0 Å². The molecular weight excluding hydrogens is 562 g/mol. The molecule has 1 atom stereocenters. The van der Waals surface area contributed by atoms with Crippen molar-refractivity contribution in [2.75, 3.05) is 18.2 Å². The van der Waals surface area contributed by atoms with Crippen molar-refractivity contribution < 1.29 is 40.6 Å². The topological polar surface area (TPSA) is 129 Å². The third kappa shape index (κ3) is 82.4. The van der Waals surface area contributed by atoms with Crippen molar-refractivity contribution in [3.05, 3.63) is 12.2 Å². The van der Waals surface area contributed by atoms with Crippen molar-refractivity contribution >= 4 is 65.7 Å².